The van der Waals surface area contributed by atoms with Gasteiger partial charge in [-0.1, -0.05) is 24.4 Å². The van der Waals surface area contributed by atoms with Crippen molar-refractivity contribution in [3.05, 3.63) is 58.6 Å². The molecule has 3 heterocycles. The first-order chi connectivity index (χ1) is 10.2. The van der Waals surface area contributed by atoms with Gasteiger partial charge in [0.05, 0.1) is 5.57 Å². The fourth-order valence-electron chi connectivity index (χ4n) is 2.51. The highest BCUT2D eigenvalue weighted by Gasteiger charge is 2.46. The molecule has 1 fully saturated rings. The second-order valence-electron chi connectivity index (χ2n) is 4.62. The van der Waals surface area contributed by atoms with Crippen LogP contribution in [0.25, 0.3) is 0 Å². The molecule has 104 valence electrons. The molecule has 4 nitrogen and oxygen atoms in total. The molecule has 2 atom stereocenters. The van der Waals surface area contributed by atoms with E-state index in [0.717, 1.165) is 4.88 Å². The zero-order valence-electron chi connectivity index (χ0n) is 10.9. The van der Waals surface area contributed by atoms with E-state index < -0.39 is 6.04 Å². The third kappa shape index (κ3) is 2.45. The Kier molecular flexibility index (Phi) is 3.75. The quantitative estimate of drug-likeness (QED) is 0.385. The van der Waals surface area contributed by atoms with Crippen LogP contribution in [0.3, 0.4) is 0 Å². The zero-order valence-corrected chi connectivity index (χ0v) is 12.6. The summed E-state index contributed by atoms with van der Waals surface area (Å²) in [4.78, 5) is 13.8. The number of nitrogens with one attached hydrogen (secondary N) is 2. The Morgan fingerprint density at radius 1 is 1.29 bits per heavy atom. The van der Waals surface area contributed by atoms with Crippen LogP contribution < -0.4 is 9.88 Å². The van der Waals surface area contributed by atoms with Crippen molar-refractivity contribution in [2.75, 3.05) is 0 Å². The molecule has 0 saturated carbocycles. The van der Waals surface area contributed by atoms with Crippen LogP contribution in [0.2, 0.25) is 0 Å². The van der Waals surface area contributed by atoms with Gasteiger partial charge in [-0.05, 0) is 17.3 Å². The number of thiophene rings is 1. The molecular formula is C15H12N3OS2+. The highest BCUT2D eigenvalue weighted by Crippen LogP contribution is 2.37. The van der Waals surface area contributed by atoms with E-state index in [1.807, 2.05) is 52.7 Å². The third-order valence-electron chi connectivity index (χ3n) is 3.42. The average molecular weight is 314 g/mol. The first-order valence-corrected chi connectivity index (χ1v) is 7.65. The van der Waals surface area contributed by atoms with Gasteiger partial charge in [-0.15, -0.1) is 11.3 Å². The van der Waals surface area contributed by atoms with Crippen LogP contribution in [0.4, 0.5) is 0 Å². The van der Waals surface area contributed by atoms with Gasteiger partial charge in [0.25, 0.3) is 5.91 Å². The number of pyridine rings is 1. The third-order valence-corrected chi connectivity index (χ3v) is 4.70. The van der Waals surface area contributed by atoms with E-state index in [-0.39, 0.29) is 11.8 Å². The van der Waals surface area contributed by atoms with Crippen LogP contribution in [-0.4, -0.2) is 16.8 Å². The predicted octanol–water partition coefficient (Wildman–Crippen LogP) is 1.99. The minimum absolute atomic E-state index is 0.159. The van der Waals surface area contributed by atoms with Crippen molar-refractivity contribution < 1.29 is 9.36 Å². The molecule has 0 radical (unpaired) electrons. The molecular weight excluding hydrogens is 302 g/mol. The van der Waals surface area contributed by atoms with Gasteiger partial charge in [-0.2, -0.15) is 4.57 Å². The number of rotatable bonds is 2. The van der Waals surface area contributed by atoms with E-state index in [9.17, 15) is 4.79 Å². The maximum Gasteiger partial charge on any atom is 0.295 e. The summed E-state index contributed by atoms with van der Waals surface area (Å²) in [5.74, 6) is 1.98. The average Bonchev–Trinajstić information content (AvgIpc) is 3.01. The van der Waals surface area contributed by atoms with Crippen LogP contribution in [0.5, 0.6) is 0 Å². The first-order valence-electron chi connectivity index (χ1n) is 6.36. The van der Waals surface area contributed by atoms with Gasteiger partial charge in [-0.3, -0.25) is 10.2 Å². The Hall–Kier alpha value is -2.14. The summed E-state index contributed by atoms with van der Waals surface area (Å²) in [6.45, 7) is 0. The van der Waals surface area contributed by atoms with Gasteiger partial charge in [0, 0.05) is 17.0 Å². The molecule has 3 rings (SSSR count). The molecule has 1 aliphatic heterocycles. The number of amides is 1. The Morgan fingerprint density at radius 2 is 2.05 bits per heavy atom. The minimum Gasteiger partial charge on any atom is -0.310 e. The summed E-state index contributed by atoms with van der Waals surface area (Å²) >= 11 is 6.76. The number of thiocarbonyl (C=S) groups is 1. The molecule has 0 bridgehead atoms. The lowest BCUT2D eigenvalue weighted by molar-refractivity contribution is -0.711. The van der Waals surface area contributed by atoms with E-state index in [2.05, 4.69) is 11.2 Å². The van der Waals surface area contributed by atoms with Crippen molar-refractivity contribution in [1.29, 1.82) is 5.41 Å². The van der Waals surface area contributed by atoms with E-state index in [0.29, 0.717) is 10.6 Å². The van der Waals surface area contributed by atoms with Crippen molar-refractivity contribution >= 4 is 40.3 Å². The van der Waals surface area contributed by atoms with Crippen molar-refractivity contribution in [2.24, 2.45) is 0 Å². The molecule has 1 saturated heterocycles. The number of hydrogen-bond donors (Lipinski definition) is 2. The number of carbonyl (C=O) groups is 1. The molecule has 2 aromatic rings. The predicted molar refractivity (Wildman–Crippen MR) is 84.7 cm³/mol. The molecule has 0 aromatic carbocycles. The Bertz CT molecular complexity index is 734. The Labute approximate surface area is 131 Å². The lowest BCUT2D eigenvalue weighted by Gasteiger charge is -2.28. The standard InChI is InChI=1S/C15H11N3OS2/c16-9-10-12(11-5-4-8-21-11)13(14(19)17-15(10)20)18-6-2-1-3-7-18/h1-8,12-13,16H/p+1/t12-,13-/m1/s1. The van der Waals surface area contributed by atoms with E-state index in [1.165, 1.54) is 0 Å². The molecule has 21 heavy (non-hydrogen) atoms. The van der Waals surface area contributed by atoms with Gasteiger partial charge in [0.2, 0.25) is 6.04 Å². The van der Waals surface area contributed by atoms with Crippen LogP contribution in [-0.2, 0) is 4.79 Å². The minimum atomic E-state index is -0.468. The molecule has 2 aromatic heterocycles. The summed E-state index contributed by atoms with van der Waals surface area (Å²) in [6.07, 6.45) is 3.70. The molecule has 6 heteroatoms. The van der Waals surface area contributed by atoms with Gasteiger partial charge >= 0.3 is 0 Å². The topological polar surface area (TPSA) is 56.8 Å². The molecule has 2 N–H and O–H groups in total. The monoisotopic (exact) mass is 314 g/mol. The number of piperidine rings is 1. The van der Waals surface area contributed by atoms with Gasteiger partial charge in [0.1, 0.15) is 10.9 Å². The van der Waals surface area contributed by atoms with Crippen molar-refractivity contribution in [3.8, 4) is 0 Å². The van der Waals surface area contributed by atoms with Gasteiger partial charge in [0.15, 0.2) is 12.4 Å². The van der Waals surface area contributed by atoms with Crippen LogP contribution >= 0.6 is 23.6 Å². The van der Waals surface area contributed by atoms with Crippen LogP contribution in [0.15, 0.2) is 53.7 Å². The van der Waals surface area contributed by atoms with Crippen molar-refractivity contribution in [2.45, 2.75) is 12.0 Å². The maximum absolute atomic E-state index is 12.5. The zero-order chi connectivity index (χ0) is 14.8. The fourth-order valence-corrected chi connectivity index (χ4v) is 3.65. The van der Waals surface area contributed by atoms with E-state index >= 15 is 0 Å². The number of hydrogen-bond acceptors (Lipinski definition) is 4. The van der Waals surface area contributed by atoms with Gasteiger partial charge in [-0.25, -0.2) is 0 Å². The molecule has 1 amide bonds. The Morgan fingerprint density at radius 3 is 2.67 bits per heavy atom. The summed E-state index contributed by atoms with van der Waals surface area (Å²) < 4.78 is 1.85. The van der Waals surface area contributed by atoms with E-state index in [4.69, 9.17) is 17.6 Å². The Balaban J connectivity index is 2.17. The second kappa shape index (κ2) is 5.69. The molecule has 0 unspecified atom stereocenters. The smallest absolute Gasteiger partial charge is 0.295 e. The largest absolute Gasteiger partial charge is 0.310 e. The summed E-state index contributed by atoms with van der Waals surface area (Å²) in [5.41, 5.74) is 0.549. The fraction of sp³-hybridized carbons (Fsp3) is 0.133. The van der Waals surface area contributed by atoms with Gasteiger partial charge < -0.3 is 5.32 Å². The summed E-state index contributed by atoms with van der Waals surface area (Å²) in [6, 6.07) is 9.08. The molecule has 0 aliphatic carbocycles. The highest BCUT2D eigenvalue weighted by molar-refractivity contribution is 7.80. The van der Waals surface area contributed by atoms with E-state index in [1.54, 1.807) is 11.3 Å². The number of carbonyl (C=O) groups excluding carboxylic acids is 1. The van der Waals surface area contributed by atoms with Crippen molar-refractivity contribution in [3.63, 3.8) is 0 Å². The lowest BCUT2D eigenvalue weighted by atomic mass is 9.86. The number of nitrogens with zero attached hydrogens (tertiary/aromatic N) is 1. The van der Waals surface area contributed by atoms with Crippen LogP contribution in [0.1, 0.15) is 16.8 Å². The number of aromatic nitrogens is 1. The second-order valence-corrected chi connectivity index (χ2v) is 6.01. The lowest BCUT2D eigenvalue weighted by Crippen LogP contribution is -2.56. The SMILES string of the molecule is N=C=C1C(=S)NC(=O)[C@H]([n+]2ccccc2)[C@H]1c1cccs1. The summed E-state index contributed by atoms with van der Waals surface area (Å²) in [7, 11) is 0. The van der Waals surface area contributed by atoms with Crippen LogP contribution in [0, 0.1) is 5.41 Å². The van der Waals surface area contributed by atoms with Crippen molar-refractivity contribution in [1.82, 2.24) is 5.32 Å². The molecule has 1 aliphatic rings. The molecule has 0 spiro atoms. The first kappa shape index (κ1) is 13.8. The maximum atomic E-state index is 12.5. The summed E-state index contributed by atoms with van der Waals surface area (Å²) in [5, 5.41) is 12.2. The normalized spacial score (nSPS) is 21.8. The highest BCUT2D eigenvalue weighted by atomic mass is 32.1.